The molecule has 1 N–H and O–H groups in total. The Hall–Kier alpha value is -2.39. The molecule has 3 fully saturated rings. The summed E-state index contributed by atoms with van der Waals surface area (Å²) in [5, 5.41) is 2.76. The summed E-state index contributed by atoms with van der Waals surface area (Å²) in [5.74, 6) is -1.08. The quantitative estimate of drug-likeness (QED) is 0.689. The molecule has 0 aromatic carbocycles. The predicted molar refractivity (Wildman–Crippen MR) is 106 cm³/mol. The summed E-state index contributed by atoms with van der Waals surface area (Å²) in [6, 6.07) is 1.52. The van der Waals surface area contributed by atoms with Crippen molar-refractivity contribution in [3.05, 3.63) is 29.3 Å². The Morgan fingerprint density at radius 1 is 1.16 bits per heavy atom. The molecule has 0 radical (unpaired) electrons. The number of likely N-dealkylation sites (tertiary alicyclic amines) is 1. The number of nitrogens with zero attached hydrogens (tertiary/aromatic N) is 2. The summed E-state index contributed by atoms with van der Waals surface area (Å²) < 4.78 is 57.5. The van der Waals surface area contributed by atoms with Crippen LogP contribution in [-0.2, 0) is 15.7 Å². The highest BCUT2D eigenvalue weighted by Gasteiger charge is 2.51. The van der Waals surface area contributed by atoms with Crippen LogP contribution in [0.3, 0.4) is 0 Å². The molecule has 6 nitrogen and oxygen atoms in total. The number of alkyl carbamates (subject to hydrolysis) is 1. The lowest BCUT2D eigenvalue weighted by Crippen LogP contribution is -2.59. The highest BCUT2D eigenvalue weighted by molar-refractivity contribution is 5.81. The van der Waals surface area contributed by atoms with Gasteiger partial charge in [0.05, 0.1) is 12.8 Å². The maximum absolute atomic E-state index is 14.1. The average molecular weight is 457 g/mol. The molecule has 1 aromatic rings. The van der Waals surface area contributed by atoms with Crippen molar-refractivity contribution in [2.45, 2.75) is 63.1 Å². The molecule has 0 atom stereocenters. The molecule has 2 saturated carbocycles. The Bertz CT molecular complexity index is 898. The van der Waals surface area contributed by atoms with Gasteiger partial charge in [-0.05, 0) is 63.0 Å². The molecule has 176 valence electrons. The van der Waals surface area contributed by atoms with Gasteiger partial charge in [-0.25, -0.2) is 14.2 Å². The number of amides is 2. The number of hydrogen-bond donors (Lipinski definition) is 1. The van der Waals surface area contributed by atoms with Crippen molar-refractivity contribution in [1.82, 2.24) is 15.2 Å². The fourth-order valence-electron chi connectivity index (χ4n) is 5.55. The van der Waals surface area contributed by atoms with Crippen LogP contribution in [0, 0.1) is 17.2 Å². The lowest BCUT2D eigenvalue weighted by Gasteiger charge is -2.53. The van der Waals surface area contributed by atoms with Crippen LogP contribution in [0.1, 0.15) is 62.8 Å². The van der Waals surface area contributed by atoms with E-state index in [2.05, 4.69) is 15.0 Å². The largest absolute Gasteiger partial charge is 0.453 e. The molecule has 3 aliphatic rings. The van der Waals surface area contributed by atoms with Crippen molar-refractivity contribution in [3.63, 3.8) is 0 Å². The summed E-state index contributed by atoms with van der Waals surface area (Å²) in [5.41, 5.74) is -1.67. The molecule has 2 heterocycles. The van der Waals surface area contributed by atoms with Crippen molar-refractivity contribution in [3.8, 4) is 0 Å². The summed E-state index contributed by atoms with van der Waals surface area (Å²) in [6.07, 6.45) is -1.31. The first-order valence-electron chi connectivity index (χ1n) is 10.8. The zero-order valence-corrected chi connectivity index (χ0v) is 18.1. The van der Waals surface area contributed by atoms with Gasteiger partial charge in [-0.1, -0.05) is 0 Å². The highest BCUT2D eigenvalue weighted by atomic mass is 19.4. The normalized spacial score (nSPS) is 27.4. The molecule has 0 bridgehead atoms. The van der Waals surface area contributed by atoms with Crippen LogP contribution >= 0.6 is 0 Å². The summed E-state index contributed by atoms with van der Waals surface area (Å²) in [6.45, 7) is 3.05. The molecule has 1 spiro atoms. The lowest BCUT2D eigenvalue weighted by atomic mass is 9.56. The van der Waals surface area contributed by atoms with E-state index in [1.807, 2.05) is 11.8 Å². The van der Waals surface area contributed by atoms with Crippen LogP contribution in [0.2, 0.25) is 0 Å². The summed E-state index contributed by atoms with van der Waals surface area (Å²) in [4.78, 5) is 29.6. The van der Waals surface area contributed by atoms with Crippen molar-refractivity contribution < 1.29 is 31.9 Å². The van der Waals surface area contributed by atoms with Crippen LogP contribution in [0.5, 0.6) is 0 Å². The second-order valence-corrected chi connectivity index (χ2v) is 9.77. The number of alkyl halides is 3. The Balaban J connectivity index is 1.29. The van der Waals surface area contributed by atoms with Gasteiger partial charge in [-0.3, -0.25) is 4.79 Å². The number of hydrogen-bond acceptors (Lipinski definition) is 4. The summed E-state index contributed by atoms with van der Waals surface area (Å²) in [7, 11) is 1.30. The molecule has 1 saturated heterocycles. The molecule has 10 heteroatoms. The predicted octanol–water partition coefficient (Wildman–Crippen LogP) is 4.25. The maximum atomic E-state index is 14.1. The lowest BCUT2D eigenvalue weighted by molar-refractivity contribution is -0.144. The van der Waals surface area contributed by atoms with Crippen LogP contribution in [-0.4, -0.2) is 47.6 Å². The number of carbonyl (C=O) groups excluding carboxylic acids is 2. The second kappa shape index (κ2) is 7.88. The number of methoxy groups -OCH3 is 1. The fraction of sp³-hybridized carbons (Fsp3) is 0.682. The molecular weight excluding hydrogens is 430 g/mol. The number of pyridine rings is 1. The molecule has 2 amide bonds. The van der Waals surface area contributed by atoms with E-state index in [0.29, 0.717) is 44.8 Å². The third-order valence-corrected chi connectivity index (χ3v) is 7.38. The molecular formula is C22H27F4N3O3. The number of halogens is 4. The molecule has 1 aromatic heterocycles. The van der Waals surface area contributed by atoms with Gasteiger partial charge in [-0.15, -0.1) is 0 Å². The van der Waals surface area contributed by atoms with Gasteiger partial charge in [0.15, 0.2) is 0 Å². The third-order valence-electron chi connectivity index (χ3n) is 7.38. The van der Waals surface area contributed by atoms with Gasteiger partial charge in [0.25, 0.3) is 0 Å². The Morgan fingerprint density at radius 2 is 1.78 bits per heavy atom. The average Bonchev–Trinajstić information content (AvgIpc) is 2.69. The van der Waals surface area contributed by atoms with Crippen LogP contribution < -0.4 is 5.32 Å². The number of carbonyl (C=O) groups is 2. The Morgan fingerprint density at radius 3 is 2.34 bits per heavy atom. The first-order valence-corrected chi connectivity index (χ1v) is 10.8. The highest BCUT2D eigenvalue weighted by Crippen LogP contribution is 2.57. The van der Waals surface area contributed by atoms with Gasteiger partial charge in [0.2, 0.25) is 5.91 Å². The van der Waals surface area contributed by atoms with E-state index in [-0.39, 0.29) is 28.9 Å². The second-order valence-electron chi connectivity index (χ2n) is 9.77. The molecule has 4 rings (SSSR count). The Labute approximate surface area is 183 Å². The molecule has 32 heavy (non-hydrogen) atoms. The van der Waals surface area contributed by atoms with Gasteiger partial charge in [0.1, 0.15) is 11.5 Å². The van der Waals surface area contributed by atoms with Crippen LogP contribution in [0.25, 0.3) is 0 Å². The van der Waals surface area contributed by atoms with Crippen molar-refractivity contribution >= 4 is 12.0 Å². The number of aromatic nitrogens is 1. The van der Waals surface area contributed by atoms with Crippen LogP contribution in [0.15, 0.2) is 12.1 Å². The molecule has 0 unspecified atom stereocenters. The number of piperidine rings is 1. The minimum absolute atomic E-state index is 0.0651. The standard InChI is InChI=1S/C22H27F4N3O3/c1-20(28-19(31)32-2)9-14(10-20)18(30)29-7-5-21(6-8-29)11-13(12-21)17-15(23)3-4-16(27-17)22(24,25)26/h3-4,13-14H,5-12H2,1-2H3,(H,28,31)/t14-,20+. The number of nitrogens with one attached hydrogen (secondary N) is 1. The first-order chi connectivity index (χ1) is 14.9. The van der Waals surface area contributed by atoms with Gasteiger partial charge < -0.3 is 15.0 Å². The van der Waals surface area contributed by atoms with E-state index in [9.17, 15) is 27.2 Å². The third kappa shape index (κ3) is 4.28. The molecule has 2 aliphatic carbocycles. The zero-order chi connectivity index (χ0) is 23.3. The number of rotatable bonds is 3. The fourth-order valence-corrected chi connectivity index (χ4v) is 5.55. The van der Waals surface area contributed by atoms with Gasteiger partial charge in [-0.2, -0.15) is 13.2 Å². The smallest absolute Gasteiger partial charge is 0.433 e. The van der Waals surface area contributed by atoms with E-state index < -0.39 is 29.3 Å². The van der Waals surface area contributed by atoms with E-state index in [4.69, 9.17) is 0 Å². The van der Waals surface area contributed by atoms with Crippen LogP contribution in [0.4, 0.5) is 22.4 Å². The maximum Gasteiger partial charge on any atom is 0.433 e. The summed E-state index contributed by atoms with van der Waals surface area (Å²) >= 11 is 0. The zero-order valence-electron chi connectivity index (χ0n) is 18.1. The van der Waals surface area contributed by atoms with Gasteiger partial charge >= 0.3 is 12.3 Å². The minimum Gasteiger partial charge on any atom is -0.453 e. The van der Waals surface area contributed by atoms with Crippen molar-refractivity contribution in [1.29, 1.82) is 0 Å². The molecule has 1 aliphatic heterocycles. The monoisotopic (exact) mass is 457 g/mol. The number of ether oxygens (including phenoxy) is 1. The van der Waals surface area contributed by atoms with E-state index >= 15 is 0 Å². The SMILES string of the molecule is COC(=O)N[C@]1(C)C[C@H](C(=O)N2CCC3(CC2)CC(c2nc(C(F)(F)F)ccc2F)C3)C1. The van der Waals surface area contributed by atoms with E-state index in [0.717, 1.165) is 18.9 Å². The van der Waals surface area contributed by atoms with Crippen molar-refractivity contribution in [2.24, 2.45) is 11.3 Å². The Kier molecular flexibility index (Phi) is 5.61. The van der Waals surface area contributed by atoms with E-state index in [1.165, 1.54) is 7.11 Å². The topological polar surface area (TPSA) is 71.5 Å². The first kappa shape index (κ1) is 22.8. The van der Waals surface area contributed by atoms with Crippen molar-refractivity contribution in [2.75, 3.05) is 20.2 Å². The van der Waals surface area contributed by atoms with Gasteiger partial charge in [0, 0.05) is 30.5 Å². The minimum atomic E-state index is -4.60. The van der Waals surface area contributed by atoms with E-state index in [1.54, 1.807) is 0 Å².